The molecule has 0 fully saturated rings. The van der Waals surface area contributed by atoms with E-state index in [1.807, 2.05) is 24.4 Å². The molecule has 2 bridgehead atoms. The molecule has 0 saturated heterocycles. The molecule has 2 aromatic rings. The highest BCUT2D eigenvalue weighted by Gasteiger charge is 2.22. The molecule has 3 heterocycles. The number of allylic oxidation sites excluding steroid dienone is 1. The lowest BCUT2D eigenvalue weighted by atomic mass is 9.89. The summed E-state index contributed by atoms with van der Waals surface area (Å²) in [7, 11) is 3.95. The highest BCUT2D eigenvalue weighted by Crippen LogP contribution is 2.35. The van der Waals surface area contributed by atoms with Gasteiger partial charge in [-0.2, -0.15) is 0 Å². The van der Waals surface area contributed by atoms with Gasteiger partial charge in [0.1, 0.15) is 11.5 Å². The number of fused-ring (bicyclic) bond motifs is 2. The van der Waals surface area contributed by atoms with E-state index < -0.39 is 0 Å². The number of hydrogen-bond donors (Lipinski definition) is 1. The van der Waals surface area contributed by atoms with Gasteiger partial charge in [-0.25, -0.2) is 4.99 Å². The number of aliphatic imine (C=N–C) groups is 1. The summed E-state index contributed by atoms with van der Waals surface area (Å²) in [5, 5.41) is 0. The van der Waals surface area contributed by atoms with Crippen LogP contribution in [0.25, 0.3) is 6.08 Å². The summed E-state index contributed by atoms with van der Waals surface area (Å²) in [6, 6.07) is 6.52. The van der Waals surface area contributed by atoms with E-state index in [4.69, 9.17) is 9.73 Å². The molecule has 0 radical (unpaired) electrons. The molecule has 2 aromatic heterocycles. The maximum atomic E-state index is 5.69. The van der Waals surface area contributed by atoms with Gasteiger partial charge in [0.25, 0.3) is 0 Å². The molecule has 4 rings (SSSR count). The number of ether oxygens (including phenoxy) is 1. The second kappa shape index (κ2) is 9.55. The van der Waals surface area contributed by atoms with Crippen LogP contribution in [0.3, 0.4) is 0 Å². The molecule has 0 aromatic carbocycles. The molecule has 0 spiro atoms. The number of nitrogens with zero attached hydrogens (tertiary/aromatic N) is 2. The van der Waals surface area contributed by atoms with Gasteiger partial charge >= 0.3 is 0 Å². The van der Waals surface area contributed by atoms with Crippen molar-refractivity contribution in [1.29, 1.82) is 0 Å². The predicted molar refractivity (Wildman–Crippen MR) is 125 cm³/mol. The van der Waals surface area contributed by atoms with Crippen molar-refractivity contribution < 1.29 is 4.74 Å². The van der Waals surface area contributed by atoms with E-state index in [1.54, 1.807) is 7.11 Å². The summed E-state index contributed by atoms with van der Waals surface area (Å²) in [5.41, 5.74) is 7.09. The van der Waals surface area contributed by atoms with E-state index in [2.05, 4.69) is 35.7 Å². The average molecular weight is 406 g/mol. The van der Waals surface area contributed by atoms with Gasteiger partial charge in [0.2, 0.25) is 0 Å². The molecule has 1 aliphatic carbocycles. The first-order valence-electron chi connectivity index (χ1n) is 11.6. The maximum Gasteiger partial charge on any atom is 0.146 e. The van der Waals surface area contributed by atoms with Crippen molar-refractivity contribution in [2.45, 2.75) is 70.6 Å². The monoisotopic (exact) mass is 405 g/mol. The van der Waals surface area contributed by atoms with Crippen LogP contribution >= 0.6 is 0 Å². The number of aryl methyl sites for hydroxylation is 1. The Hall–Kier alpha value is -2.49. The molecule has 0 amide bonds. The summed E-state index contributed by atoms with van der Waals surface area (Å²) < 4.78 is 8.09. The van der Waals surface area contributed by atoms with Gasteiger partial charge in [0.15, 0.2) is 0 Å². The number of methoxy groups -OCH3 is 1. The quantitative estimate of drug-likeness (QED) is 0.619. The second-order valence-corrected chi connectivity index (χ2v) is 8.62. The number of aromatic amines is 1. The zero-order chi connectivity index (χ0) is 20.9. The Balaban J connectivity index is 1.75. The Bertz CT molecular complexity index is 943. The van der Waals surface area contributed by atoms with Gasteiger partial charge in [0, 0.05) is 30.7 Å². The molecule has 1 aliphatic heterocycles. The summed E-state index contributed by atoms with van der Waals surface area (Å²) >= 11 is 0. The Morgan fingerprint density at radius 1 is 1.20 bits per heavy atom. The van der Waals surface area contributed by atoms with E-state index in [-0.39, 0.29) is 0 Å². The molecule has 1 atom stereocenters. The van der Waals surface area contributed by atoms with Crippen molar-refractivity contribution in [2.75, 3.05) is 7.11 Å². The zero-order valence-electron chi connectivity index (χ0n) is 18.7. The first-order chi connectivity index (χ1) is 14.7. The minimum absolute atomic E-state index is 0.611. The van der Waals surface area contributed by atoms with Gasteiger partial charge in [-0.1, -0.05) is 39.0 Å². The third-order valence-electron chi connectivity index (χ3n) is 6.71. The van der Waals surface area contributed by atoms with Crippen LogP contribution in [0, 0.1) is 0 Å². The molecule has 1 unspecified atom stereocenters. The first kappa shape index (κ1) is 20.8. The third-order valence-corrected chi connectivity index (χ3v) is 6.71. The highest BCUT2D eigenvalue weighted by molar-refractivity contribution is 6.11. The summed E-state index contributed by atoms with van der Waals surface area (Å²) in [5.74, 6) is 1.44. The van der Waals surface area contributed by atoms with Gasteiger partial charge in [-0.15, -0.1) is 0 Å². The fourth-order valence-corrected chi connectivity index (χ4v) is 4.87. The van der Waals surface area contributed by atoms with Crippen molar-refractivity contribution in [3.05, 3.63) is 64.6 Å². The Labute approximate surface area is 180 Å². The standard InChI is InChI=1S/C26H35N3O/c1-4-19-12-9-7-5-6-8-10-13-20-16-21(19)25(29(20)2)17-24-26(30-3)18-23(28-24)22-14-11-15-27-22/h11,14-19,27H,4-10,12-13H2,1-3H3. The first-order valence-corrected chi connectivity index (χ1v) is 11.6. The maximum absolute atomic E-state index is 5.69. The zero-order valence-corrected chi connectivity index (χ0v) is 18.7. The summed E-state index contributed by atoms with van der Waals surface area (Å²) in [6.45, 7) is 2.33. The smallest absolute Gasteiger partial charge is 0.146 e. The normalized spacial score (nSPS) is 21.7. The summed E-state index contributed by atoms with van der Waals surface area (Å²) in [4.78, 5) is 8.16. The highest BCUT2D eigenvalue weighted by atomic mass is 16.5. The van der Waals surface area contributed by atoms with Gasteiger partial charge in [-0.05, 0) is 61.4 Å². The fourth-order valence-electron chi connectivity index (χ4n) is 4.87. The minimum atomic E-state index is 0.611. The van der Waals surface area contributed by atoms with Crippen molar-refractivity contribution in [3.8, 4) is 0 Å². The molecule has 4 nitrogen and oxygen atoms in total. The molecule has 1 N–H and O–H groups in total. The number of H-pyrrole nitrogens is 1. The molecule has 160 valence electrons. The van der Waals surface area contributed by atoms with E-state index in [0.29, 0.717) is 5.92 Å². The van der Waals surface area contributed by atoms with Crippen LogP contribution in [0.4, 0.5) is 0 Å². The lowest BCUT2D eigenvalue weighted by Crippen LogP contribution is -2.02. The molecule has 4 heteroatoms. The molecular formula is C26H35N3O. The number of hydrogen-bond acceptors (Lipinski definition) is 2. The van der Waals surface area contributed by atoms with E-state index in [9.17, 15) is 0 Å². The summed E-state index contributed by atoms with van der Waals surface area (Å²) in [6.07, 6.45) is 17.9. The van der Waals surface area contributed by atoms with Crippen LogP contribution in [0.2, 0.25) is 0 Å². The van der Waals surface area contributed by atoms with Crippen molar-refractivity contribution >= 4 is 11.8 Å². The molecule has 2 aliphatic rings. The molecule has 30 heavy (non-hydrogen) atoms. The van der Waals surface area contributed by atoms with Crippen LogP contribution in [-0.4, -0.2) is 22.4 Å². The van der Waals surface area contributed by atoms with Crippen LogP contribution in [0.1, 0.15) is 86.9 Å². The lowest BCUT2D eigenvalue weighted by molar-refractivity contribution is 0.303. The van der Waals surface area contributed by atoms with Crippen molar-refractivity contribution in [2.24, 2.45) is 12.0 Å². The Kier molecular flexibility index (Phi) is 6.61. The van der Waals surface area contributed by atoms with Crippen LogP contribution in [0.15, 0.2) is 46.9 Å². The van der Waals surface area contributed by atoms with Gasteiger partial charge in [0.05, 0.1) is 18.5 Å². The van der Waals surface area contributed by atoms with E-state index in [0.717, 1.165) is 29.3 Å². The van der Waals surface area contributed by atoms with E-state index in [1.165, 1.54) is 68.3 Å². The SMILES string of the molecule is CCC1CCCCCCCCc2cc1c(C=C1N=C(c3ccc[nH]3)C=C1OC)n2C. The fraction of sp³-hybridized carbons (Fsp3) is 0.500. The number of rotatable bonds is 4. The topological polar surface area (TPSA) is 42.3 Å². The third kappa shape index (κ3) is 4.33. The van der Waals surface area contributed by atoms with E-state index >= 15 is 0 Å². The Morgan fingerprint density at radius 3 is 2.73 bits per heavy atom. The van der Waals surface area contributed by atoms with Crippen LogP contribution < -0.4 is 0 Å². The molecular weight excluding hydrogens is 370 g/mol. The largest absolute Gasteiger partial charge is 0.494 e. The second-order valence-electron chi connectivity index (χ2n) is 8.62. The lowest BCUT2D eigenvalue weighted by Gasteiger charge is -2.16. The molecule has 0 saturated carbocycles. The Morgan fingerprint density at radius 2 is 2.00 bits per heavy atom. The number of nitrogens with one attached hydrogen (secondary N) is 1. The van der Waals surface area contributed by atoms with Crippen molar-refractivity contribution in [1.82, 2.24) is 9.55 Å². The van der Waals surface area contributed by atoms with Crippen molar-refractivity contribution in [3.63, 3.8) is 0 Å². The minimum Gasteiger partial charge on any atom is -0.494 e. The van der Waals surface area contributed by atoms with Crippen LogP contribution in [-0.2, 0) is 18.2 Å². The van der Waals surface area contributed by atoms with Gasteiger partial charge < -0.3 is 14.3 Å². The average Bonchev–Trinajstić information content (AvgIpc) is 3.47. The van der Waals surface area contributed by atoms with Gasteiger partial charge in [-0.3, -0.25) is 0 Å². The van der Waals surface area contributed by atoms with Crippen LogP contribution in [0.5, 0.6) is 0 Å². The predicted octanol–water partition coefficient (Wildman–Crippen LogP) is 6.51. The number of aromatic nitrogens is 2.